The first kappa shape index (κ1) is 30.1. The van der Waals surface area contributed by atoms with E-state index >= 15 is 0 Å². The van der Waals surface area contributed by atoms with Gasteiger partial charge in [0.1, 0.15) is 12.1 Å². The zero-order chi connectivity index (χ0) is 26.6. The Morgan fingerprint density at radius 1 is 0.971 bits per heavy atom. The molecule has 1 unspecified atom stereocenters. The van der Waals surface area contributed by atoms with E-state index in [1.807, 2.05) is 20.8 Å². The second kappa shape index (κ2) is 14.5. The monoisotopic (exact) mass is 493 g/mol. The molecule has 0 amide bonds. The topological polar surface area (TPSA) is 128 Å². The highest BCUT2D eigenvalue weighted by molar-refractivity contribution is 5.77. The minimum absolute atomic E-state index is 0.0674. The third-order valence-electron chi connectivity index (χ3n) is 5.50. The molecule has 0 fully saturated rings. The second-order valence-corrected chi connectivity index (χ2v) is 9.19. The quantitative estimate of drug-likeness (QED) is 0.275. The van der Waals surface area contributed by atoms with Crippen LogP contribution in [0.1, 0.15) is 79.2 Å². The number of esters is 3. The number of hydrogen-bond acceptors (Lipinski definition) is 8. The van der Waals surface area contributed by atoms with E-state index in [0.29, 0.717) is 24.8 Å². The van der Waals surface area contributed by atoms with Crippen LogP contribution < -0.4 is 14.8 Å². The lowest BCUT2D eigenvalue weighted by Gasteiger charge is -2.24. The maximum absolute atomic E-state index is 12.3. The van der Waals surface area contributed by atoms with E-state index in [-0.39, 0.29) is 43.3 Å². The average Bonchev–Trinajstić information content (AvgIpc) is 2.78. The summed E-state index contributed by atoms with van der Waals surface area (Å²) in [5, 5.41) is 12.6. The van der Waals surface area contributed by atoms with Gasteiger partial charge in [-0.1, -0.05) is 26.8 Å². The summed E-state index contributed by atoms with van der Waals surface area (Å²) in [6.07, 6.45) is 1.77. The van der Waals surface area contributed by atoms with Crippen molar-refractivity contribution in [2.75, 3.05) is 6.54 Å². The molecule has 0 radical (unpaired) electrons. The van der Waals surface area contributed by atoms with Crippen LogP contribution >= 0.6 is 0 Å². The van der Waals surface area contributed by atoms with E-state index in [2.05, 4.69) is 5.32 Å². The molecule has 0 aliphatic rings. The van der Waals surface area contributed by atoms with Crippen molar-refractivity contribution in [1.29, 1.82) is 0 Å². The van der Waals surface area contributed by atoms with Crippen molar-refractivity contribution in [2.45, 2.75) is 92.2 Å². The molecule has 0 saturated heterocycles. The molecule has 0 saturated carbocycles. The van der Waals surface area contributed by atoms with Gasteiger partial charge in [-0.3, -0.25) is 19.2 Å². The number of aliphatic carboxylic acids is 1. The fourth-order valence-corrected chi connectivity index (χ4v) is 2.92. The fraction of sp³-hybridized carbons (Fsp3) is 0.615. The first-order chi connectivity index (χ1) is 16.4. The molecule has 1 aromatic rings. The molecule has 0 spiro atoms. The van der Waals surface area contributed by atoms with Crippen molar-refractivity contribution in [1.82, 2.24) is 5.32 Å². The van der Waals surface area contributed by atoms with Gasteiger partial charge in [-0.05, 0) is 64.2 Å². The van der Waals surface area contributed by atoms with E-state index in [9.17, 15) is 24.3 Å². The van der Waals surface area contributed by atoms with Crippen LogP contribution in [0.3, 0.4) is 0 Å². The third-order valence-corrected chi connectivity index (χ3v) is 5.50. The van der Waals surface area contributed by atoms with Crippen molar-refractivity contribution in [3.8, 4) is 11.5 Å². The molecule has 0 bridgehead atoms. The molecule has 2 N–H and O–H groups in total. The number of hydrogen-bond donors (Lipinski definition) is 2. The van der Waals surface area contributed by atoms with Gasteiger partial charge in [0, 0.05) is 19.4 Å². The van der Waals surface area contributed by atoms with Gasteiger partial charge in [0.05, 0.1) is 5.41 Å². The first-order valence-corrected chi connectivity index (χ1v) is 12.1. The number of carboxylic acids is 1. The van der Waals surface area contributed by atoms with Crippen molar-refractivity contribution < 1.29 is 38.5 Å². The molecule has 0 aromatic heterocycles. The zero-order valence-electron chi connectivity index (χ0n) is 21.6. The Bertz CT molecular complexity index is 880. The molecule has 0 aliphatic carbocycles. The standard InChI is InChI=1S/C26H39NO8/c1-7-10-22(28)34-20-13-12-18(15-21(20)35-23(29)11-8-2)14-19(24(30)31)27-16-17(4)33-25(32)26(5,6)9-3/h12-13,15,17,19,27H,7-11,14,16H2,1-6H3,(H,30,31)/t17?,19-/m0/s1. The van der Waals surface area contributed by atoms with Gasteiger partial charge in [0.15, 0.2) is 11.5 Å². The molecule has 0 aliphatic heterocycles. The summed E-state index contributed by atoms with van der Waals surface area (Å²) in [6.45, 7) is 11.0. The number of carboxylic acid groups (broad SMARTS) is 1. The number of nitrogens with one attached hydrogen (secondary N) is 1. The third kappa shape index (κ3) is 10.5. The number of carbonyl (C=O) groups excluding carboxylic acids is 3. The Labute approximate surface area is 207 Å². The number of ether oxygens (including phenoxy) is 3. The Morgan fingerprint density at radius 2 is 1.54 bits per heavy atom. The van der Waals surface area contributed by atoms with Crippen LogP contribution in [0.15, 0.2) is 18.2 Å². The Morgan fingerprint density at radius 3 is 2.06 bits per heavy atom. The maximum atomic E-state index is 12.3. The van der Waals surface area contributed by atoms with Crippen LogP contribution in [-0.4, -0.2) is 47.7 Å². The molecule has 9 heteroatoms. The van der Waals surface area contributed by atoms with E-state index in [1.54, 1.807) is 26.8 Å². The smallest absolute Gasteiger partial charge is 0.321 e. The fourth-order valence-electron chi connectivity index (χ4n) is 2.92. The lowest BCUT2D eigenvalue weighted by atomic mass is 9.90. The summed E-state index contributed by atoms with van der Waals surface area (Å²) in [7, 11) is 0. The largest absolute Gasteiger partial charge is 0.480 e. The Balaban J connectivity index is 2.96. The molecular formula is C26H39NO8. The van der Waals surface area contributed by atoms with Gasteiger partial charge in [-0.2, -0.15) is 0 Å². The van der Waals surface area contributed by atoms with Crippen molar-refractivity contribution >= 4 is 23.9 Å². The van der Waals surface area contributed by atoms with Crippen LogP contribution in [-0.2, 0) is 30.3 Å². The molecular weight excluding hydrogens is 454 g/mol. The van der Waals surface area contributed by atoms with E-state index < -0.39 is 35.5 Å². The molecule has 9 nitrogen and oxygen atoms in total. The summed E-state index contributed by atoms with van der Waals surface area (Å²) >= 11 is 0. The second-order valence-electron chi connectivity index (χ2n) is 9.19. The van der Waals surface area contributed by atoms with Gasteiger partial charge < -0.3 is 24.6 Å². The minimum Gasteiger partial charge on any atom is -0.480 e. The molecule has 196 valence electrons. The van der Waals surface area contributed by atoms with E-state index in [4.69, 9.17) is 14.2 Å². The van der Waals surface area contributed by atoms with Crippen LogP contribution in [0.4, 0.5) is 0 Å². The molecule has 0 heterocycles. The minimum atomic E-state index is -1.08. The van der Waals surface area contributed by atoms with Crippen molar-refractivity contribution in [3.05, 3.63) is 23.8 Å². The van der Waals surface area contributed by atoms with Crippen LogP contribution in [0.2, 0.25) is 0 Å². The lowest BCUT2D eigenvalue weighted by molar-refractivity contribution is -0.158. The summed E-state index contributed by atoms with van der Waals surface area (Å²) in [6, 6.07) is 3.64. The van der Waals surface area contributed by atoms with Gasteiger partial charge in [0.2, 0.25) is 0 Å². The molecule has 1 rings (SSSR count). The SMILES string of the molecule is CCCC(=O)Oc1ccc(C[C@H](NCC(C)OC(=O)C(C)(C)CC)C(=O)O)cc1OC(=O)CCC. The van der Waals surface area contributed by atoms with Gasteiger partial charge in [-0.25, -0.2) is 0 Å². The Hall–Kier alpha value is -2.94. The van der Waals surface area contributed by atoms with Crippen molar-refractivity contribution in [3.63, 3.8) is 0 Å². The lowest BCUT2D eigenvalue weighted by Crippen LogP contribution is -2.43. The summed E-state index contributed by atoms with van der Waals surface area (Å²) < 4.78 is 16.2. The van der Waals surface area contributed by atoms with Gasteiger partial charge in [-0.15, -0.1) is 0 Å². The van der Waals surface area contributed by atoms with Crippen LogP contribution in [0.5, 0.6) is 11.5 Å². The highest BCUT2D eigenvalue weighted by atomic mass is 16.6. The number of rotatable bonds is 15. The highest BCUT2D eigenvalue weighted by Crippen LogP contribution is 2.30. The number of benzene rings is 1. The first-order valence-electron chi connectivity index (χ1n) is 12.1. The number of carbonyl (C=O) groups is 4. The van der Waals surface area contributed by atoms with Crippen LogP contribution in [0.25, 0.3) is 0 Å². The van der Waals surface area contributed by atoms with Gasteiger partial charge >= 0.3 is 23.9 Å². The van der Waals surface area contributed by atoms with Gasteiger partial charge in [0.25, 0.3) is 0 Å². The highest BCUT2D eigenvalue weighted by Gasteiger charge is 2.29. The van der Waals surface area contributed by atoms with E-state index in [1.165, 1.54) is 12.1 Å². The van der Waals surface area contributed by atoms with Crippen molar-refractivity contribution in [2.24, 2.45) is 5.41 Å². The summed E-state index contributed by atoms with van der Waals surface area (Å²) in [4.78, 5) is 48.1. The maximum Gasteiger partial charge on any atom is 0.321 e. The molecule has 35 heavy (non-hydrogen) atoms. The average molecular weight is 494 g/mol. The normalized spacial score (nSPS) is 13.0. The van der Waals surface area contributed by atoms with Crippen LogP contribution in [0, 0.1) is 5.41 Å². The molecule has 1 aromatic carbocycles. The zero-order valence-corrected chi connectivity index (χ0v) is 21.6. The Kier molecular flexibility index (Phi) is 12.4. The molecule has 2 atom stereocenters. The predicted octanol–water partition coefficient (Wildman–Crippen LogP) is 4.05. The summed E-state index contributed by atoms with van der Waals surface area (Å²) in [5.41, 5.74) is -0.0507. The summed E-state index contributed by atoms with van der Waals surface area (Å²) in [5.74, 6) is -2.17. The van der Waals surface area contributed by atoms with E-state index in [0.717, 1.165) is 0 Å². The predicted molar refractivity (Wildman–Crippen MR) is 130 cm³/mol.